The van der Waals surface area contributed by atoms with Crippen molar-refractivity contribution in [1.82, 2.24) is 0 Å². The van der Waals surface area contributed by atoms with Crippen LogP contribution in [0, 0.1) is 0 Å². The van der Waals surface area contributed by atoms with Gasteiger partial charge in [-0.05, 0) is 18.2 Å². The van der Waals surface area contributed by atoms with Gasteiger partial charge in [-0.1, -0.05) is 0 Å². The van der Waals surface area contributed by atoms with Crippen LogP contribution in [0.2, 0.25) is 0 Å². The number of alkyl halides is 3. The van der Waals surface area contributed by atoms with Crippen LogP contribution in [0.5, 0.6) is 0 Å². The summed E-state index contributed by atoms with van der Waals surface area (Å²) in [4.78, 5) is 10.7. The first-order valence-electron chi connectivity index (χ1n) is 3.98. The maximum absolute atomic E-state index is 12.3. The van der Waals surface area contributed by atoms with Crippen LogP contribution in [0.25, 0.3) is 0 Å². The number of anilines is 1. The molecule has 0 amide bonds. The monoisotopic (exact) mass is 219 g/mol. The minimum Gasteiger partial charge on any atom is -0.478 e. The van der Waals surface area contributed by atoms with Crippen LogP contribution in [0.3, 0.4) is 0 Å². The van der Waals surface area contributed by atoms with E-state index in [9.17, 15) is 18.0 Å². The van der Waals surface area contributed by atoms with E-state index in [0.717, 1.165) is 12.1 Å². The summed E-state index contributed by atoms with van der Waals surface area (Å²) >= 11 is 0. The van der Waals surface area contributed by atoms with Crippen molar-refractivity contribution >= 4 is 11.7 Å². The van der Waals surface area contributed by atoms with Crippen LogP contribution in [0.15, 0.2) is 18.2 Å². The molecule has 2 N–H and O–H groups in total. The third kappa shape index (κ3) is 2.39. The van der Waals surface area contributed by atoms with Gasteiger partial charge in [0.25, 0.3) is 0 Å². The number of carbonyl (C=O) groups is 1. The molecule has 0 unspecified atom stereocenters. The lowest BCUT2D eigenvalue weighted by molar-refractivity contribution is -0.137. The molecule has 0 saturated heterocycles. The van der Waals surface area contributed by atoms with Crippen molar-refractivity contribution in [3.05, 3.63) is 29.3 Å². The number of carboxylic acids is 1. The predicted molar refractivity (Wildman–Crippen MR) is 48.0 cm³/mol. The van der Waals surface area contributed by atoms with Crippen molar-refractivity contribution in [3.8, 4) is 0 Å². The van der Waals surface area contributed by atoms with Gasteiger partial charge in [-0.15, -0.1) is 0 Å². The van der Waals surface area contributed by atoms with Gasteiger partial charge in [0.05, 0.1) is 11.1 Å². The Balaban J connectivity index is 3.28. The van der Waals surface area contributed by atoms with Crippen molar-refractivity contribution in [3.63, 3.8) is 0 Å². The normalized spacial score (nSPS) is 11.2. The molecule has 1 aromatic rings. The van der Waals surface area contributed by atoms with Crippen LogP contribution in [-0.4, -0.2) is 18.1 Å². The minimum absolute atomic E-state index is 0.149. The van der Waals surface area contributed by atoms with Crippen molar-refractivity contribution in [2.24, 2.45) is 0 Å². The second kappa shape index (κ2) is 3.80. The summed E-state index contributed by atoms with van der Waals surface area (Å²) in [5, 5.41) is 11.2. The fourth-order valence-corrected chi connectivity index (χ4v) is 1.12. The van der Waals surface area contributed by atoms with E-state index in [1.807, 2.05) is 0 Å². The predicted octanol–water partition coefficient (Wildman–Crippen LogP) is 2.45. The first-order valence-corrected chi connectivity index (χ1v) is 3.98. The molecule has 0 radical (unpaired) electrons. The lowest BCUT2D eigenvalue weighted by Gasteiger charge is -2.10. The minimum atomic E-state index is -4.53. The number of hydrogen-bond acceptors (Lipinski definition) is 2. The summed E-state index contributed by atoms with van der Waals surface area (Å²) in [6.45, 7) is 0. The van der Waals surface area contributed by atoms with E-state index in [1.54, 1.807) is 0 Å². The fourth-order valence-electron chi connectivity index (χ4n) is 1.12. The third-order valence-corrected chi connectivity index (χ3v) is 1.85. The standard InChI is InChI=1S/C9H8F3NO2/c1-13-7-3-2-5(9(10,11)12)4-6(7)8(14)15/h2-4,13H,1H3,(H,14,15). The molecule has 6 heteroatoms. The first kappa shape index (κ1) is 11.4. The molecular weight excluding hydrogens is 211 g/mol. The highest BCUT2D eigenvalue weighted by molar-refractivity contribution is 5.94. The van der Waals surface area contributed by atoms with Crippen LogP contribution in [0.4, 0.5) is 18.9 Å². The molecule has 0 heterocycles. The Labute approximate surface area is 83.5 Å². The van der Waals surface area contributed by atoms with Crippen molar-refractivity contribution < 1.29 is 23.1 Å². The van der Waals surface area contributed by atoms with E-state index >= 15 is 0 Å². The van der Waals surface area contributed by atoms with Gasteiger partial charge < -0.3 is 10.4 Å². The van der Waals surface area contributed by atoms with Gasteiger partial charge in [-0.3, -0.25) is 0 Å². The average molecular weight is 219 g/mol. The van der Waals surface area contributed by atoms with Gasteiger partial charge >= 0.3 is 12.1 Å². The Bertz CT molecular complexity index is 387. The number of halogens is 3. The topological polar surface area (TPSA) is 49.3 Å². The second-order valence-corrected chi connectivity index (χ2v) is 2.81. The molecule has 1 rings (SSSR count). The first-order chi connectivity index (χ1) is 6.86. The van der Waals surface area contributed by atoms with Gasteiger partial charge in [0.1, 0.15) is 0 Å². The lowest BCUT2D eigenvalue weighted by atomic mass is 10.1. The Kier molecular flexibility index (Phi) is 2.88. The highest BCUT2D eigenvalue weighted by Crippen LogP contribution is 2.31. The van der Waals surface area contributed by atoms with E-state index in [0.29, 0.717) is 6.07 Å². The summed E-state index contributed by atoms with van der Waals surface area (Å²) in [6, 6.07) is 2.53. The number of aromatic carboxylic acids is 1. The summed E-state index contributed by atoms with van der Waals surface area (Å²) in [6.07, 6.45) is -4.53. The molecule has 0 aromatic heterocycles. The second-order valence-electron chi connectivity index (χ2n) is 2.81. The highest BCUT2D eigenvalue weighted by Gasteiger charge is 2.31. The zero-order valence-electron chi connectivity index (χ0n) is 7.72. The average Bonchev–Trinajstić information content (AvgIpc) is 2.15. The number of hydrogen-bond donors (Lipinski definition) is 2. The largest absolute Gasteiger partial charge is 0.478 e. The zero-order chi connectivity index (χ0) is 11.6. The molecule has 3 nitrogen and oxygen atoms in total. The van der Waals surface area contributed by atoms with E-state index in [2.05, 4.69) is 5.32 Å². The summed E-state index contributed by atoms with van der Waals surface area (Å²) in [5.74, 6) is -1.40. The molecule has 1 aromatic carbocycles. The lowest BCUT2D eigenvalue weighted by Crippen LogP contribution is -2.09. The quantitative estimate of drug-likeness (QED) is 0.803. The Morgan fingerprint density at radius 2 is 2.00 bits per heavy atom. The van der Waals surface area contributed by atoms with Crippen LogP contribution >= 0.6 is 0 Å². The summed E-state index contributed by atoms with van der Waals surface area (Å²) < 4.78 is 36.8. The van der Waals surface area contributed by atoms with Crippen molar-refractivity contribution in [2.45, 2.75) is 6.18 Å². The van der Waals surface area contributed by atoms with Crippen LogP contribution in [-0.2, 0) is 6.18 Å². The number of carboxylic acid groups (broad SMARTS) is 1. The third-order valence-electron chi connectivity index (χ3n) is 1.85. The van der Waals surface area contributed by atoms with E-state index in [4.69, 9.17) is 5.11 Å². The SMILES string of the molecule is CNc1ccc(C(F)(F)F)cc1C(=O)O. The van der Waals surface area contributed by atoms with E-state index in [1.165, 1.54) is 7.05 Å². The summed E-state index contributed by atoms with van der Waals surface area (Å²) in [7, 11) is 1.44. The Morgan fingerprint density at radius 3 is 2.40 bits per heavy atom. The molecule has 0 aliphatic heterocycles. The van der Waals surface area contributed by atoms with E-state index in [-0.39, 0.29) is 5.69 Å². The maximum Gasteiger partial charge on any atom is 0.416 e. The van der Waals surface area contributed by atoms with Gasteiger partial charge in [-0.25, -0.2) is 4.79 Å². The maximum atomic E-state index is 12.3. The molecule has 82 valence electrons. The Hall–Kier alpha value is -1.72. The molecule has 0 bridgehead atoms. The summed E-state index contributed by atoms with van der Waals surface area (Å²) in [5.41, 5.74) is -1.22. The molecule has 0 atom stereocenters. The molecule has 0 spiro atoms. The number of benzene rings is 1. The van der Waals surface area contributed by atoms with Gasteiger partial charge in [0.15, 0.2) is 0 Å². The molecule has 0 aliphatic carbocycles. The molecular formula is C9H8F3NO2. The highest BCUT2D eigenvalue weighted by atomic mass is 19.4. The molecule has 15 heavy (non-hydrogen) atoms. The van der Waals surface area contributed by atoms with Crippen LogP contribution in [0.1, 0.15) is 15.9 Å². The van der Waals surface area contributed by atoms with Crippen LogP contribution < -0.4 is 5.32 Å². The molecule has 0 fully saturated rings. The van der Waals surface area contributed by atoms with Gasteiger partial charge in [0, 0.05) is 12.7 Å². The Morgan fingerprint density at radius 1 is 1.40 bits per heavy atom. The van der Waals surface area contributed by atoms with Gasteiger partial charge in [-0.2, -0.15) is 13.2 Å². The van der Waals surface area contributed by atoms with Crippen molar-refractivity contribution in [1.29, 1.82) is 0 Å². The van der Waals surface area contributed by atoms with Crippen molar-refractivity contribution in [2.75, 3.05) is 12.4 Å². The number of nitrogens with one attached hydrogen (secondary N) is 1. The fraction of sp³-hybridized carbons (Fsp3) is 0.222. The zero-order valence-corrected chi connectivity index (χ0v) is 7.72. The smallest absolute Gasteiger partial charge is 0.416 e. The molecule has 0 aliphatic rings. The van der Waals surface area contributed by atoms with Gasteiger partial charge in [0.2, 0.25) is 0 Å². The molecule has 0 saturated carbocycles. The number of rotatable bonds is 2. The van der Waals surface area contributed by atoms with E-state index < -0.39 is 23.3 Å².